The Balaban J connectivity index is 2.10. The molecule has 0 saturated carbocycles. The predicted molar refractivity (Wildman–Crippen MR) is 64.1 cm³/mol. The third kappa shape index (κ3) is 2.75. The van der Waals surface area contributed by atoms with Crippen molar-refractivity contribution >= 4 is 11.6 Å². The molecule has 0 aliphatic carbocycles. The van der Waals surface area contributed by atoms with E-state index in [4.69, 9.17) is 5.11 Å². The molecule has 0 saturated heterocycles. The molecule has 1 aromatic carbocycles. The van der Waals surface area contributed by atoms with Crippen LogP contribution in [0.4, 0.5) is 5.69 Å². The van der Waals surface area contributed by atoms with Gasteiger partial charge >= 0.3 is 0 Å². The Bertz CT molecular complexity index is 420. The lowest BCUT2D eigenvalue weighted by Gasteiger charge is -2.18. The maximum atomic E-state index is 11.6. The highest BCUT2D eigenvalue weighted by molar-refractivity contribution is 5.97. The van der Waals surface area contributed by atoms with Crippen LogP contribution in [0.1, 0.15) is 15.9 Å². The van der Waals surface area contributed by atoms with E-state index in [1.165, 1.54) is 0 Å². The molecule has 1 aromatic rings. The number of hydrogen-bond acceptors (Lipinski definition) is 4. The van der Waals surface area contributed by atoms with E-state index in [0.29, 0.717) is 12.1 Å². The smallest absolute Gasteiger partial charge is 0.251 e. The van der Waals surface area contributed by atoms with Crippen molar-refractivity contribution in [1.82, 2.24) is 5.32 Å². The molecule has 0 spiro atoms. The lowest BCUT2D eigenvalue weighted by atomic mass is 10.00. The van der Waals surface area contributed by atoms with Gasteiger partial charge in [0.05, 0.1) is 12.7 Å². The highest BCUT2D eigenvalue weighted by Crippen LogP contribution is 2.18. The summed E-state index contributed by atoms with van der Waals surface area (Å²) >= 11 is 0. The molecule has 0 radical (unpaired) electrons. The lowest BCUT2D eigenvalue weighted by Crippen LogP contribution is -2.32. The van der Waals surface area contributed by atoms with Crippen molar-refractivity contribution in [3.63, 3.8) is 0 Å². The highest BCUT2D eigenvalue weighted by atomic mass is 16.3. The third-order valence-electron chi connectivity index (χ3n) is 2.79. The Morgan fingerprint density at radius 3 is 3.06 bits per heavy atom. The fourth-order valence-electron chi connectivity index (χ4n) is 1.82. The number of nitrogens with one attached hydrogen (secondary N) is 2. The average Bonchev–Trinajstić information content (AvgIpc) is 2.36. The molecule has 2 rings (SSSR count). The van der Waals surface area contributed by atoms with Crippen LogP contribution in [-0.2, 0) is 6.42 Å². The molecule has 1 aliphatic heterocycles. The van der Waals surface area contributed by atoms with Crippen LogP contribution < -0.4 is 10.6 Å². The zero-order chi connectivity index (χ0) is 12.3. The van der Waals surface area contributed by atoms with Crippen molar-refractivity contribution in [2.24, 2.45) is 0 Å². The molecule has 1 heterocycles. The number of amides is 1. The standard InChI is InChI=1S/C12H16N2O3/c15-7-10(16)6-14-9-2-1-8-3-4-13-12(17)11(8)5-9/h1-2,5,10,14-16H,3-4,6-7H2,(H,13,17). The summed E-state index contributed by atoms with van der Waals surface area (Å²) in [6.07, 6.45) is 0.0560. The Kier molecular flexibility index (Phi) is 3.61. The second-order valence-corrected chi connectivity index (χ2v) is 4.10. The van der Waals surface area contributed by atoms with Gasteiger partial charge in [0.1, 0.15) is 0 Å². The number of hydrogen-bond donors (Lipinski definition) is 4. The fraction of sp³-hybridized carbons (Fsp3) is 0.417. The first kappa shape index (κ1) is 11.9. The maximum absolute atomic E-state index is 11.6. The molecule has 1 unspecified atom stereocenters. The van der Waals surface area contributed by atoms with Crippen LogP contribution in [0.3, 0.4) is 0 Å². The second-order valence-electron chi connectivity index (χ2n) is 4.10. The first-order valence-electron chi connectivity index (χ1n) is 5.64. The Morgan fingerprint density at radius 1 is 1.47 bits per heavy atom. The minimum Gasteiger partial charge on any atom is -0.394 e. The first-order chi connectivity index (χ1) is 8.20. The first-order valence-corrected chi connectivity index (χ1v) is 5.64. The fourth-order valence-corrected chi connectivity index (χ4v) is 1.82. The van der Waals surface area contributed by atoms with E-state index in [1.54, 1.807) is 6.07 Å². The predicted octanol–water partition coefficient (Wildman–Crippen LogP) is -0.262. The van der Waals surface area contributed by atoms with Gasteiger partial charge in [0.2, 0.25) is 0 Å². The monoisotopic (exact) mass is 236 g/mol. The van der Waals surface area contributed by atoms with Crippen molar-refractivity contribution < 1.29 is 15.0 Å². The van der Waals surface area contributed by atoms with Gasteiger partial charge in [-0.1, -0.05) is 6.07 Å². The van der Waals surface area contributed by atoms with Crippen LogP contribution in [-0.4, -0.2) is 41.9 Å². The summed E-state index contributed by atoms with van der Waals surface area (Å²) in [7, 11) is 0. The van der Waals surface area contributed by atoms with Gasteiger partial charge < -0.3 is 20.8 Å². The van der Waals surface area contributed by atoms with E-state index < -0.39 is 6.10 Å². The molecule has 0 fully saturated rings. The molecule has 1 aliphatic rings. The summed E-state index contributed by atoms with van der Waals surface area (Å²) < 4.78 is 0. The van der Waals surface area contributed by atoms with Gasteiger partial charge in [0.25, 0.3) is 5.91 Å². The summed E-state index contributed by atoms with van der Waals surface area (Å²) in [5.74, 6) is -0.0578. The van der Waals surface area contributed by atoms with Gasteiger partial charge in [-0.3, -0.25) is 4.79 Å². The molecule has 0 aromatic heterocycles. The summed E-state index contributed by atoms with van der Waals surface area (Å²) in [6, 6.07) is 5.57. The summed E-state index contributed by atoms with van der Waals surface area (Å²) in [5.41, 5.74) is 2.50. The molecule has 92 valence electrons. The minimum atomic E-state index is -0.792. The Labute approximate surface area is 99.5 Å². The molecule has 17 heavy (non-hydrogen) atoms. The van der Waals surface area contributed by atoms with Gasteiger partial charge in [-0.05, 0) is 24.1 Å². The van der Waals surface area contributed by atoms with Crippen LogP contribution in [0.2, 0.25) is 0 Å². The number of aliphatic hydroxyl groups excluding tert-OH is 2. The van der Waals surface area contributed by atoms with Crippen LogP contribution in [0.15, 0.2) is 18.2 Å². The molecule has 1 amide bonds. The normalized spacial score (nSPS) is 16.0. The largest absolute Gasteiger partial charge is 0.394 e. The topological polar surface area (TPSA) is 81.6 Å². The van der Waals surface area contributed by atoms with E-state index in [1.807, 2.05) is 12.1 Å². The number of rotatable bonds is 4. The molecule has 1 atom stereocenters. The number of fused-ring (bicyclic) bond motifs is 1. The van der Waals surface area contributed by atoms with Crippen molar-refractivity contribution in [2.75, 3.05) is 25.0 Å². The SMILES string of the molecule is O=C1NCCc2ccc(NCC(O)CO)cc21. The number of benzene rings is 1. The van der Waals surface area contributed by atoms with E-state index in [2.05, 4.69) is 10.6 Å². The molecular weight excluding hydrogens is 220 g/mol. The Hall–Kier alpha value is -1.59. The van der Waals surface area contributed by atoms with Gasteiger partial charge in [-0.25, -0.2) is 0 Å². The van der Waals surface area contributed by atoms with Crippen molar-refractivity contribution in [1.29, 1.82) is 0 Å². The van der Waals surface area contributed by atoms with E-state index in [0.717, 1.165) is 17.7 Å². The van der Waals surface area contributed by atoms with E-state index in [-0.39, 0.29) is 19.1 Å². The van der Waals surface area contributed by atoms with E-state index >= 15 is 0 Å². The zero-order valence-corrected chi connectivity index (χ0v) is 9.44. The minimum absolute atomic E-state index is 0.0578. The molecule has 4 N–H and O–H groups in total. The van der Waals surface area contributed by atoms with Gasteiger partial charge in [-0.15, -0.1) is 0 Å². The molecule has 5 nitrogen and oxygen atoms in total. The second kappa shape index (κ2) is 5.16. The zero-order valence-electron chi connectivity index (χ0n) is 9.44. The summed E-state index contributed by atoms with van der Waals surface area (Å²) in [6.45, 7) is 0.664. The van der Waals surface area contributed by atoms with Crippen molar-refractivity contribution in [3.05, 3.63) is 29.3 Å². The maximum Gasteiger partial charge on any atom is 0.251 e. The average molecular weight is 236 g/mol. The van der Waals surface area contributed by atoms with Crippen LogP contribution in [0, 0.1) is 0 Å². The Morgan fingerprint density at radius 2 is 2.29 bits per heavy atom. The van der Waals surface area contributed by atoms with Crippen LogP contribution in [0.25, 0.3) is 0 Å². The number of anilines is 1. The number of carbonyl (C=O) groups excluding carboxylic acids is 1. The van der Waals surface area contributed by atoms with E-state index in [9.17, 15) is 9.90 Å². The molecule has 0 bridgehead atoms. The summed E-state index contributed by atoms with van der Waals surface area (Å²) in [5, 5.41) is 23.7. The number of carbonyl (C=O) groups is 1. The van der Waals surface area contributed by atoms with Gasteiger partial charge in [0.15, 0.2) is 0 Å². The highest BCUT2D eigenvalue weighted by Gasteiger charge is 2.16. The molecular formula is C12H16N2O3. The van der Waals surface area contributed by atoms with Crippen LogP contribution >= 0.6 is 0 Å². The van der Waals surface area contributed by atoms with Crippen molar-refractivity contribution in [2.45, 2.75) is 12.5 Å². The number of aliphatic hydroxyl groups is 2. The van der Waals surface area contributed by atoms with Gasteiger partial charge in [-0.2, -0.15) is 0 Å². The van der Waals surface area contributed by atoms with Gasteiger partial charge in [0, 0.05) is 24.3 Å². The van der Waals surface area contributed by atoms with Crippen LogP contribution in [0.5, 0.6) is 0 Å². The lowest BCUT2D eigenvalue weighted by molar-refractivity contribution is 0.0946. The molecule has 5 heteroatoms. The van der Waals surface area contributed by atoms with Crippen molar-refractivity contribution in [3.8, 4) is 0 Å². The quantitative estimate of drug-likeness (QED) is 0.580. The third-order valence-corrected chi connectivity index (χ3v) is 2.79. The summed E-state index contributed by atoms with van der Waals surface area (Å²) in [4.78, 5) is 11.6.